The molecule has 2 aromatic carbocycles. The molecule has 1 heterocycles. The maximum absolute atomic E-state index is 12.5. The van der Waals surface area contributed by atoms with E-state index in [1.54, 1.807) is 6.92 Å². The highest BCUT2D eigenvalue weighted by molar-refractivity contribution is 5.70. The number of ether oxygens (including phenoxy) is 2. The zero-order valence-electron chi connectivity index (χ0n) is 18.8. The number of carbonyl (C=O) groups is 1. The van der Waals surface area contributed by atoms with Gasteiger partial charge in [0.2, 0.25) is 0 Å². The lowest BCUT2D eigenvalue weighted by atomic mass is 9.64. The Labute approximate surface area is 190 Å². The monoisotopic (exact) mass is 430 g/mol. The average Bonchev–Trinajstić information content (AvgIpc) is 2.87. The molecule has 0 aromatic heterocycles. The molecule has 0 amide bonds. The molecule has 1 saturated heterocycles. The fourth-order valence-electron chi connectivity index (χ4n) is 4.80. The number of nitriles is 2. The van der Waals surface area contributed by atoms with Crippen molar-refractivity contribution in [2.45, 2.75) is 44.9 Å². The molecule has 5 nitrogen and oxygen atoms in total. The smallest absolute Gasteiger partial charge is 0.306 e. The van der Waals surface area contributed by atoms with Gasteiger partial charge in [-0.15, -0.1) is 0 Å². The normalized spacial score (nSPS) is 22.9. The maximum atomic E-state index is 12.5. The molecule has 0 spiro atoms. The number of rotatable bonds is 5. The van der Waals surface area contributed by atoms with Gasteiger partial charge in [0.25, 0.3) is 0 Å². The summed E-state index contributed by atoms with van der Waals surface area (Å²) < 4.78 is 11.4. The van der Waals surface area contributed by atoms with E-state index in [-0.39, 0.29) is 30.8 Å². The quantitative estimate of drug-likeness (QED) is 0.603. The van der Waals surface area contributed by atoms with Gasteiger partial charge < -0.3 is 9.47 Å². The summed E-state index contributed by atoms with van der Waals surface area (Å²) >= 11 is 0. The SMILES string of the molecule is CCOC(=O)CC1COCC(c2ccccc2)CCC(C#N)(C#N)C1c1cccc(C)c1. The summed E-state index contributed by atoms with van der Waals surface area (Å²) in [5, 5.41) is 20.7. The Kier molecular flexibility index (Phi) is 8.03. The number of esters is 1. The fraction of sp³-hybridized carbons (Fsp3) is 0.444. The summed E-state index contributed by atoms with van der Waals surface area (Å²) in [5.74, 6) is -1.06. The van der Waals surface area contributed by atoms with Crippen LogP contribution in [-0.4, -0.2) is 25.8 Å². The van der Waals surface area contributed by atoms with Gasteiger partial charge in [0.05, 0.1) is 38.4 Å². The molecular weight excluding hydrogens is 400 g/mol. The summed E-state index contributed by atoms with van der Waals surface area (Å²) in [6, 6.07) is 22.7. The van der Waals surface area contributed by atoms with Crippen LogP contribution in [0.2, 0.25) is 0 Å². The lowest BCUT2D eigenvalue weighted by molar-refractivity contribution is -0.145. The lowest BCUT2D eigenvalue weighted by Gasteiger charge is -2.35. The topological polar surface area (TPSA) is 83.1 Å². The van der Waals surface area contributed by atoms with Crippen LogP contribution >= 0.6 is 0 Å². The Morgan fingerprint density at radius 3 is 2.47 bits per heavy atom. The highest BCUT2D eigenvalue weighted by Crippen LogP contribution is 2.48. The fourth-order valence-corrected chi connectivity index (χ4v) is 4.80. The van der Waals surface area contributed by atoms with Crippen molar-refractivity contribution in [1.29, 1.82) is 10.5 Å². The van der Waals surface area contributed by atoms with E-state index in [1.807, 2.05) is 49.4 Å². The number of hydrogen-bond donors (Lipinski definition) is 0. The first-order chi connectivity index (χ1) is 15.5. The minimum Gasteiger partial charge on any atom is -0.466 e. The second-order valence-electron chi connectivity index (χ2n) is 8.54. The number of nitrogens with zero attached hydrogens (tertiary/aromatic N) is 2. The highest BCUT2D eigenvalue weighted by atomic mass is 16.5. The third-order valence-corrected chi connectivity index (χ3v) is 6.35. The van der Waals surface area contributed by atoms with Crippen molar-refractivity contribution >= 4 is 5.97 Å². The minimum atomic E-state index is -1.27. The van der Waals surface area contributed by atoms with Crippen molar-refractivity contribution < 1.29 is 14.3 Å². The van der Waals surface area contributed by atoms with Crippen molar-refractivity contribution in [3.05, 3.63) is 71.3 Å². The van der Waals surface area contributed by atoms with Crippen LogP contribution in [0, 0.1) is 40.9 Å². The standard InChI is InChI=1S/C27H30N2O3/c1-3-32-25(30)15-24-17-31-16-23(21-9-5-4-6-10-21)12-13-27(18-28,19-29)26(24)22-11-7-8-20(2)14-22/h4-11,14,23-24,26H,3,12-13,15-17H2,1-2H3. The predicted molar refractivity (Wildman–Crippen MR) is 122 cm³/mol. The summed E-state index contributed by atoms with van der Waals surface area (Å²) in [6.07, 6.45) is 1.16. The Hall–Kier alpha value is -3.15. The van der Waals surface area contributed by atoms with E-state index in [0.717, 1.165) is 16.7 Å². The Balaban J connectivity index is 2.05. The molecule has 3 atom stereocenters. The van der Waals surface area contributed by atoms with Gasteiger partial charge in [-0.3, -0.25) is 4.79 Å². The lowest BCUT2D eigenvalue weighted by Crippen LogP contribution is -2.35. The summed E-state index contributed by atoms with van der Waals surface area (Å²) in [4.78, 5) is 12.5. The van der Waals surface area contributed by atoms with Crippen molar-refractivity contribution in [3.63, 3.8) is 0 Å². The van der Waals surface area contributed by atoms with Crippen molar-refractivity contribution in [2.75, 3.05) is 19.8 Å². The van der Waals surface area contributed by atoms with Crippen molar-refractivity contribution in [3.8, 4) is 12.1 Å². The molecule has 166 valence electrons. The molecule has 5 heteroatoms. The molecule has 2 aromatic rings. The van der Waals surface area contributed by atoms with Crippen LogP contribution in [0.15, 0.2) is 54.6 Å². The van der Waals surface area contributed by atoms with E-state index in [9.17, 15) is 15.3 Å². The molecular formula is C27H30N2O3. The summed E-state index contributed by atoms with van der Waals surface area (Å²) in [5.41, 5.74) is 1.80. The molecule has 1 aliphatic rings. The highest BCUT2D eigenvalue weighted by Gasteiger charge is 2.46. The molecule has 0 aliphatic carbocycles. The van der Waals surface area contributed by atoms with Crippen LogP contribution in [0.25, 0.3) is 0 Å². The Morgan fingerprint density at radius 1 is 1.09 bits per heavy atom. The third kappa shape index (κ3) is 5.36. The van der Waals surface area contributed by atoms with Gasteiger partial charge in [0.15, 0.2) is 5.41 Å². The molecule has 1 aliphatic heterocycles. The second kappa shape index (κ2) is 10.9. The van der Waals surface area contributed by atoms with E-state index < -0.39 is 11.3 Å². The van der Waals surface area contributed by atoms with Gasteiger partial charge in [-0.1, -0.05) is 60.2 Å². The number of carbonyl (C=O) groups excluding carboxylic acids is 1. The van der Waals surface area contributed by atoms with E-state index in [0.29, 0.717) is 26.1 Å². The number of benzene rings is 2. The predicted octanol–water partition coefficient (Wildman–Crippen LogP) is 5.28. The van der Waals surface area contributed by atoms with Gasteiger partial charge in [-0.25, -0.2) is 0 Å². The van der Waals surface area contributed by atoms with Gasteiger partial charge in [-0.2, -0.15) is 10.5 Å². The second-order valence-corrected chi connectivity index (χ2v) is 8.54. The molecule has 0 radical (unpaired) electrons. The molecule has 32 heavy (non-hydrogen) atoms. The Morgan fingerprint density at radius 2 is 1.81 bits per heavy atom. The van der Waals surface area contributed by atoms with E-state index >= 15 is 0 Å². The first kappa shape index (κ1) is 23.5. The van der Waals surface area contributed by atoms with Gasteiger partial charge in [-0.05, 0) is 37.8 Å². The third-order valence-electron chi connectivity index (χ3n) is 6.35. The first-order valence-corrected chi connectivity index (χ1v) is 11.2. The molecule has 3 unspecified atom stereocenters. The van der Waals surface area contributed by atoms with E-state index in [4.69, 9.17) is 9.47 Å². The zero-order valence-corrected chi connectivity index (χ0v) is 18.8. The largest absolute Gasteiger partial charge is 0.466 e. The van der Waals surface area contributed by atoms with Crippen LogP contribution in [0.1, 0.15) is 54.7 Å². The van der Waals surface area contributed by atoms with E-state index in [2.05, 4.69) is 24.3 Å². The number of aryl methyl sites for hydroxylation is 1. The van der Waals surface area contributed by atoms with Crippen LogP contribution < -0.4 is 0 Å². The van der Waals surface area contributed by atoms with Crippen molar-refractivity contribution in [2.24, 2.45) is 11.3 Å². The zero-order chi connectivity index (χ0) is 23.0. The molecule has 0 saturated carbocycles. The first-order valence-electron chi connectivity index (χ1n) is 11.2. The van der Waals surface area contributed by atoms with Crippen LogP contribution in [0.4, 0.5) is 0 Å². The van der Waals surface area contributed by atoms with Crippen molar-refractivity contribution in [1.82, 2.24) is 0 Å². The number of hydrogen-bond acceptors (Lipinski definition) is 5. The minimum absolute atomic E-state index is 0.0803. The molecule has 0 N–H and O–H groups in total. The molecule has 0 bridgehead atoms. The summed E-state index contributed by atoms with van der Waals surface area (Å²) in [7, 11) is 0. The molecule has 1 fully saturated rings. The molecule has 3 rings (SSSR count). The van der Waals surface area contributed by atoms with Gasteiger partial charge >= 0.3 is 5.97 Å². The average molecular weight is 431 g/mol. The maximum Gasteiger partial charge on any atom is 0.306 e. The van der Waals surface area contributed by atoms with Crippen LogP contribution in [0.3, 0.4) is 0 Å². The summed E-state index contributed by atoms with van der Waals surface area (Å²) in [6.45, 7) is 4.82. The van der Waals surface area contributed by atoms with Crippen LogP contribution in [0.5, 0.6) is 0 Å². The van der Waals surface area contributed by atoms with E-state index in [1.165, 1.54) is 0 Å². The van der Waals surface area contributed by atoms with Crippen LogP contribution in [-0.2, 0) is 14.3 Å². The van der Waals surface area contributed by atoms with Gasteiger partial charge in [0.1, 0.15) is 0 Å². The van der Waals surface area contributed by atoms with Gasteiger partial charge in [0, 0.05) is 17.8 Å². The Bertz CT molecular complexity index is 976.